The third-order valence-corrected chi connectivity index (χ3v) is 4.88. The van der Waals surface area contributed by atoms with Crippen LogP contribution in [0.1, 0.15) is 16.7 Å². The van der Waals surface area contributed by atoms with Crippen molar-refractivity contribution in [3.05, 3.63) is 70.2 Å². The molecule has 2 rings (SSSR count). The van der Waals surface area contributed by atoms with Gasteiger partial charge < -0.3 is 10.2 Å². The Hall–Kier alpha value is -1.49. The van der Waals surface area contributed by atoms with Gasteiger partial charge in [0.05, 0.1) is 5.75 Å². The molecular weight excluding hydrogens is 340 g/mol. The molecule has 0 aliphatic heterocycles. The quantitative estimate of drug-likeness (QED) is 0.771. The number of carbonyl (C=O) groups excluding carboxylic acids is 1. The van der Waals surface area contributed by atoms with Crippen molar-refractivity contribution in [3.8, 4) is 0 Å². The Morgan fingerprint density at radius 2 is 1.67 bits per heavy atom. The molecule has 2 aromatic rings. The third kappa shape index (κ3) is 6.19. The highest BCUT2D eigenvalue weighted by Crippen LogP contribution is 2.20. The minimum atomic E-state index is 0.0479. The van der Waals surface area contributed by atoms with Crippen molar-refractivity contribution < 1.29 is 4.79 Å². The van der Waals surface area contributed by atoms with Crippen LogP contribution >= 0.6 is 23.4 Å². The summed E-state index contributed by atoms with van der Waals surface area (Å²) in [5.74, 6) is 1.22. The number of hydrogen-bond donors (Lipinski definition) is 1. The molecule has 0 unspecified atom stereocenters. The number of benzene rings is 2. The second-order valence-corrected chi connectivity index (χ2v) is 7.26. The van der Waals surface area contributed by atoms with E-state index in [1.54, 1.807) is 11.8 Å². The summed E-state index contributed by atoms with van der Waals surface area (Å²) in [7, 11) is 4.08. The Bertz CT molecular complexity index is 676. The molecule has 0 spiro atoms. The van der Waals surface area contributed by atoms with Gasteiger partial charge in [-0.1, -0.05) is 54.1 Å². The van der Waals surface area contributed by atoms with Crippen LogP contribution in [0, 0.1) is 0 Å². The predicted octanol–water partition coefficient (Wildman–Crippen LogP) is 3.95. The summed E-state index contributed by atoms with van der Waals surface area (Å²) in [6, 6.07) is 15.9. The normalized spacial score (nSPS) is 10.8. The number of amides is 1. The maximum Gasteiger partial charge on any atom is 0.230 e. The van der Waals surface area contributed by atoms with Crippen LogP contribution in [0.15, 0.2) is 48.5 Å². The maximum absolute atomic E-state index is 12.0. The van der Waals surface area contributed by atoms with E-state index in [-0.39, 0.29) is 5.91 Å². The summed E-state index contributed by atoms with van der Waals surface area (Å²) in [5.41, 5.74) is 3.47. The number of hydrogen-bond acceptors (Lipinski definition) is 3. The number of carbonyl (C=O) groups is 1. The van der Waals surface area contributed by atoms with Gasteiger partial charge in [0.1, 0.15) is 0 Å². The standard InChI is InChI=1S/C19H23ClN2OS/c1-22(2)12-16-8-4-3-7-15(16)11-21-19(23)14-24-13-17-9-5-6-10-18(17)20/h3-10H,11-14H2,1-2H3,(H,21,23). The molecule has 0 fully saturated rings. The Morgan fingerprint density at radius 1 is 1.04 bits per heavy atom. The second kappa shape index (κ2) is 9.72. The average molecular weight is 363 g/mol. The first-order valence-corrected chi connectivity index (χ1v) is 9.39. The van der Waals surface area contributed by atoms with E-state index in [2.05, 4.69) is 22.3 Å². The van der Waals surface area contributed by atoms with Crippen LogP contribution in [0.3, 0.4) is 0 Å². The Balaban J connectivity index is 1.78. The summed E-state index contributed by atoms with van der Waals surface area (Å²) in [6.07, 6.45) is 0. The van der Waals surface area contributed by atoms with Crippen LogP contribution in [0.25, 0.3) is 0 Å². The number of nitrogens with zero attached hydrogens (tertiary/aromatic N) is 1. The predicted molar refractivity (Wildman–Crippen MR) is 103 cm³/mol. The van der Waals surface area contributed by atoms with E-state index >= 15 is 0 Å². The second-order valence-electron chi connectivity index (χ2n) is 5.87. The van der Waals surface area contributed by atoms with Crippen molar-refractivity contribution in [2.75, 3.05) is 19.8 Å². The van der Waals surface area contributed by atoms with E-state index in [0.29, 0.717) is 12.3 Å². The fourth-order valence-electron chi connectivity index (χ4n) is 2.34. The van der Waals surface area contributed by atoms with Gasteiger partial charge in [-0.25, -0.2) is 0 Å². The molecular formula is C19H23ClN2OS. The first kappa shape index (κ1) is 18.8. The summed E-state index contributed by atoms with van der Waals surface area (Å²) >= 11 is 7.70. The largest absolute Gasteiger partial charge is 0.351 e. The van der Waals surface area contributed by atoms with E-state index in [1.807, 2.05) is 50.5 Å². The molecule has 3 nitrogen and oxygen atoms in total. The lowest BCUT2D eigenvalue weighted by molar-refractivity contribution is -0.118. The van der Waals surface area contributed by atoms with Crippen LogP contribution < -0.4 is 5.32 Å². The molecule has 24 heavy (non-hydrogen) atoms. The highest BCUT2D eigenvalue weighted by molar-refractivity contribution is 7.99. The van der Waals surface area contributed by atoms with Gasteiger partial charge >= 0.3 is 0 Å². The monoisotopic (exact) mass is 362 g/mol. The molecule has 2 aromatic carbocycles. The minimum Gasteiger partial charge on any atom is -0.351 e. The van der Waals surface area contributed by atoms with Gasteiger partial charge in [0.15, 0.2) is 0 Å². The molecule has 0 saturated carbocycles. The molecule has 128 valence electrons. The molecule has 0 bridgehead atoms. The molecule has 0 aliphatic carbocycles. The van der Waals surface area contributed by atoms with Crippen molar-refractivity contribution in [1.29, 1.82) is 0 Å². The molecule has 0 aromatic heterocycles. The van der Waals surface area contributed by atoms with Crippen LogP contribution in [0.5, 0.6) is 0 Å². The van der Waals surface area contributed by atoms with Gasteiger partial charge in [-0.3, -0.25) is 4.79 Å². The van der Waals surface area contributed by atoms with Gasteiger partial charge in [0.25, 0.3) is 0 Å². The highest BCUT2D eigenvalue weighted by Gasteiger charge is 2.07. The molecule has 0 heterocycles. The first-order chi connectivity index (χ1) is 11.6. The van der Waals surface area contributed by atoms with Crippen LogP contribution in [-0.4, -0.2) is 30.7 Å². The number of rotatable bonds is 8. The maximum atomic E-state index is 12.0. The highest BCUT2D eigenvalue weighted by atomic mass is 35.5. The number of nitrogens with one attached hydrogen (secondary N) is 1. The minimum absolute atomic E-state index is 0.0479. The van der Waals surface area contributed by atoms with Gasteiger partial charge in [0.2, 0.25) is 5.91 Å². The summed E-state index contributed by atoms with van der Waals surface area (Å²) in [6.45, 7) is 1.43. The van der Waals surface area contributed by atoms with Gasteiger partial charge in [-0.2, -0.15) is 0 Å². The smallest absolute Gasteiger partial charge is 0.230 e. The Kier molecular flexibility index (Phi) is 7.63. The number of thioether (sulfide) groups is 1. The zero-order valence-electron chi connectivity index (χ0n) is 14.1. The van der Waals surface area contributed by atoms with Crippen molar-refractivity contribution >= 4 is 29.3 Å². The van der Waals surface area contributed by atoms with Gasteiger partial charge in [0, 0.05) is 23.9 Å². The lowest BCUT2D eigenvalue weighted by Crippen LogP contribution is -2.25. The Labute approximate surface area is 153 Å². The fourth-order valence-corrected chi connectivity index (χ4v) is 3.48. The lowest BCUT2D eigenvalue weighted by Gasteiger charge is -2.14. The molecule has 0 radical (unpaired) electrons. The average Bonchev–Trinajstić information content (AvgIpc) is 2.55. The van der Waals surface area contributed by atoms with Crippen molar-refractivity contribution in [1.82, 2.24) is 10.2 Å². The summed E-state index contributed by atoms with van der Waals surface area (Å²) < 4.78 is 0. The Morgan fingerprint density at radius 3 is 2.33 bits per heavy atom. The fraction of sp³-hybridized carbons (Fsp3) is 0.316. The van der Waals surface area contributed by atoms with Crippen LogP contribution in [-0.2, 0) is 23.6 Å². The first-order valence-electron chi connectivity index (χ1n) is 7.85. The zero-order chi connectivity index (χ0) is 17.4. The molecule has 1 amide bonds. The van der Waals surface area contributed by atoms with Crippen molar-refractivity contribution in [3.63, 3.8) is 0 Å². The van der Waals surface area contributed by atoms with E-state index < -0.39 is 0 Å². The molecule has 0 aliphatic rings. The van der Waals surface area contributed by atoms with Crippen LogP contribution in [0.2, 0.25) is 5.02 Å². The van der Waals surface area contributed by atoms with Crippen molar-refractivity contribution in [2.45, 2.75) is 18.8 Å². The third-order valence-electron chi connectivity index (χ3n) is 3.53. The summed E-state index contributed by atoms with van der Waals surface area (Å²) in [5, 5.41) is 3.76. The topological polar surface area (TPSA) is 32.3 Å². The number of halogens is 1. The van der Waals surface area contributed by atoms with Crippen LogP contribution in [0.4, 0.5) is 0 Å². The van der Waals surface area contributed by atoms with E-state index in [0.717, 1.165) is 28.4 Å². The molecule has 5 heteroatoms. The molecule has 1 N–H and O–H groups in total. The van der Waals surface area contributed by atoms with E-state index in [1.165, 1.54) is 5.56 Å². The van der Waals surface area contributed by atoms with Gasteiger partial charge in [-0.05, 0) is 36.9 Å². The van der Waals surface area contributed by atoms with Crippen molar-refractivity contribution in [2.24, 2.45) is 0 Å². The van der Waals surface area contributed by atoms with E-state index in [4.69, 9.17) is 11.6 Å². The summed E-state index contributed by atoms with van der Waals surface area (Å²) in [4.78, 5) is 14.2. The lowest BCUT2D eigenvalue weighted by atomic mass is 10.1. The SMILES string of the molecule is CN(C)Cc1ccccc1CNC(=O)CSCc1ccccc1Cl. The molecule has 0 atom stereocenters. The van der Waals surface area contributed by atoms with E-state index in [9.17, 15) is 4.79 Å². The zero-order valence-corrected chi connectivity index (χ0v) is 15.7. The molecule has 0 saturated heterocycles. The van der Waals surface area contributed by atoms with Gasteiger partial charge in [-0.15, -0.1) is 11.8 Å².